The van der Waals surface area contributed by atoms with Crippen LogP contribution in [-0.2, 0) is 21.9 Å². The van der Waals surface area contributed by atoms with Crippen molar-refractivity contribution in [3.8, 4) is 0 Å². The number of hydrogen-bond acceptors (Lipinski definition) is 8. The van der Waals surface area contributed by atoms with Crippen LogP contribution in [0.25, 0.3) is 0 Å². The van der Waals surface area contributed by atoms with Gasteiger partial charge in [-0.25, -0.2) is 8.42 Å². The maximum Gasteiger partial charge on any atom is 0.264 e. The van der Waals surface area contributed by atoms with Crippen LogP contribution >= 0.6 is 0 Å². The summed E-state index contributed by atoms with van der Waals surface area (Å²) < 4.78 is 28.8. The van der Waals surface area contributed by atoms with E-state index in [2.05, 4.69) is 39.7 Å². The van der Waals surface area contributed by atoms with Gasteiger partial charge in [0.05, 0.1) is 12.7 Å². The zero-order chi connectivity index (χ0) is 21.3. The molecule has 1 N–H and O–H groups in total. The predicted octanol–water partition coefficient (Wildman–Crippen LogP) is 1.51. The summed E-state index contributed by atoms with van der Waals surface area (Å²) in [5, 5.41) is 19.4. The Kier molecular flexibility index (Phi) is 4.11. The fraction of sp³-hybridized carbons (Fsp3) is 0.632. The van der Waals surface area contributed by atoms with Crippen molar-refractivity contribution < 1.29 is 13.2 Å². The number of aryl methyl sites for hydroxylation is 1. The number of piperidine rings is 1. The number of azo groups is 1. The van der Waals surface area contributed by atoms with E-state index in [1.807, 2.05) is 0 Å². The molecule has 10 nitrogen and oxygen atoms in total. The maximum absolute atomic E-state index is 13.3. The van der Waals surface area contributed by atoms with Gasteiger partial charge in [0, 0.05) is 48.8 Å². The lowest BCUT2D eigenvalue weighted by molar-refractivity contribution is -0.119. The number of Topliss-reactive ketones (excluding diaryl/α,β-unsaturated/α-hetero) is 1. The fourth-order valence-corrected chi connectivity index (χ4v) is 6.66. The molecule has 0 bridgehead atoms. The minimum atomic E-state index is -3.72. The van der Waals surface area contributed by atoms with E-state index in [1.165, 1.54) is 15.2 Å². The molecular formula is C19H25N7O3S. The van der Waals surface area contributed by atoms with E-state index in [-0.39, 0.29) is 16.2 Å². The molecule has 5 rings (SSSR count). The number of carbonyl (C=O) groups is 1. The fourth-order valence-electron chi connectivity index (χ4n) is 5.30. The van der Waals surface area contributed by atoms with Crippen molar-refractivity contribution in [1.29, 1.82) is 0 Å². The van der Waals surface area contributed by atoms with Crippen molar-refractivity contribution in [3.63, 3.8) is 0 Å². The van der Waals surface area contributed by atoms with Crippen LogP contribution in [0.1, 0.15) is 39.5 Å². The van der Waals surface area contributed by atoms with Crippen molar-refractivity contribution in [3.05, 3.63) is 28.9 Å². The number of sulfonamides is 1. The van der Waals surface area contributed by atoms with Crippen LogP contribution < -0.4 is 5.32 Å². The highest BCUT2D eigenvalue weighted by Crippen LogP contribution is 2.55. The number of allylic oxidation sites excluding steroid dienone is 2. The Hall–Kier alpha value is -2.40. The summed E-state index contributed by atoms with van der Waals surface area (Å²) in [7, 11) is -2.08. The molecule has 1 aromatic rings. The van der Waals surface area contributed by atoms with Gasteiger partial charge in [0.2, 0.25) is 5.03 Å². The van der Waals surface area contributed by atoms with Crippen molar-refractivity contribution in [2.45, 2.75) is 44.6 Å². The second-order valence-corrected chi connectivity index (χ2v) is 11.2. The largest absolute Gasteiger partial charge is 0.342 e. The van der Waals surface area contributed by atoms with E-state index in [0.717, 1.165) is 29.1 Å². The topological polar surface area (TPSA) is 122 Å². The van der Waals surface area contributed by atoms with Crippen LogP contribution in [0.5, 0.6) is 0 Å². The first-order chi connectivity index (χ1) is 14.1. The second kappa shape index (κ2) is 6.30. The summed E-state index contributed by atoms with van der Waals surface area (Å²) >= 11 is 0. The number of rotatable bonds is 2. The zero-order valence-corrected chi connectivity index (χ0v) is 18.2. The molecule has 160 valence electrons. The zero-order valence-electron chi connectivity index (χ0n) is 17.3. The van der Waals surface area contributed by atoms with Gasteiger partial charge < -0.3 is 5.32 Å². The van der Waals surface area contributed by atoms with Gasteiger partial charge in [0.25, 0.3) is 10.0 Å². The normalized spacial score (nSPS) is 25.5. The molecule has 30 heavy (non-hydrogen) atoms. The van der Waals surface area contributed by atoms with Crippen molar-refractivity contribution in [1.82, 2.24) is 24.6 Å². The SMILES string of the molecule is Cn1cc(S(=O)(=O)N2CCC3(CC2)C2=C(N=NC2)NC2=C3C(=O)CC(C)(C)C2)nn1. The first-order valence-corrected chi connectivity index (χ1v) is 11.6. The van der Waals surface area contributed by atoms with Crippen LogP contribution in [0.4, 0.5) is 0 Å². The molecule has 4 heterocycles. The van der Waals surface area contributed by atoms with Crippen LogP contribution in [0.15, 0.2) is 44.1 Å². The Balaban J connectivity index is 1.50. The molecule has 0 radical (unpaired) electrons. The Morgan fingerprint density at radius 1 is 1.17 bits per heavy atom. The van der Waals surface area contributed by atoms with Gasteiger partial charge in [0.15, 0.2) is 11.6 Å². The molecule has 0 atom stereocenters. The summed E-state index contributed by atoms with van der Waals surface area (Å²) in [6.45, 7) is 5.26. The summed E-state index contributed by atoms with van der Waals surface area (Å²) in [6, 6.07) is 0. The third kappa shape index (κ3) is 2.78. The van der Waals surface area contributed by atoms with E-state index >= 15 is 0 Å². The molecule has 0 aromatic carbocycles. The lowest BCUT2D eigenvalue weighted by atomic mass is 9.60. The van der Waals surface area contributed by atoms with Crippen molar-refractivity contribution in [2.24, 2.45) is 28.1 Å². The third-order valence-electron chi connectivity index (χ3n) is 6.65. The van der Waals surface area contributed by atoms with Gasteiger partial charge in [0.1, 0.15) is 0 Å². The molecule has 11 heteroatoms. The standard InChI is InChI=1S/C19H25N7O3S/c1-18(2)8-13-16(14(27)9-18)19(12-10-20-23-17(12)21-13)4-6-26(7-5-19)30(28,29)15-11-25(3)24-22-15/h11,21H,4-10H2,1-3H3. The maximum atomic E-state index is 13.3. The van der Waals surface area contributed by atoms with Crippen LogP contribution in [0, 0.1) is 10.8 Å². The highest BCUT2D eigenvalue weighted by atomic mass is 32.2. The van der Waals surface area contributed by atoms with Gasteiger partial charge in [-0.05, 0) is 24.7 Å². The first kappa shape index (κ1) is 19.6. The van der Waals surface area contributed by atoms with Gasteiger partial charge in [-0.15, -0.1) is 10.2 Å². The molecule has 0 unspecified atom stereocenters. The quantitative estimate of drug-likeness (QED) is 0.757. The van der Waals surface area contributed by atoms with Gasteiger partial charge in [-0.1, -0.05) is 19.1 Å². The summed E-state index contributed by atoms with van der Waals surface area (Å²) in [5.74, 6) is 0.891. The smallest absolute Gasteiger partial charge is 0.264 e. The molecule has 1 aliphatic carbocycles. The average Bonchev–Trinajstić information content (AvgIpc) is 3.30. The highest BCUT2D eigenvalue weighted by Gasteiger charge is 2.53. The molecule has 3 aliphatic heterocycles. The Morgan fingerprint density at radius 2 is 1.90 bits per heavy atom. The summed E-state index contributed by atoms with van der Waals surface area (Å²) in [4.78, 5) is 13.3. The average molecular weight is 432 g/mol. The predicted molar refractivity (Wildman–Crippen MR) is 106 cm³/mol. The van der Waals surface area contributed by atoms with Gasteiger partial charge in [-0.2, -0.15) is 9.42 Å². The molecule has 0 amide bonds. The van der Waals surface area contributed by atoms with Crippen LogP contribution in [0.3, 0.4) is 0 Å². The molecule has 1 aromatic heterocycles. The van der Waals surface area contributed by atoms with E-state index in [4.69, 9.17) is 0 Å². The van der Waals surface area contributed by atoms with E-state index < -0.39 is 15.4 Å². The lowest BCUT2D eigenvalue weighted by Gasteiger charge is -2.48. The number of nitrogens with zero attached hydrogens (tertiary/aromatic N) is 6. The van der Waals surface area contributed by atoms with Crippen molar-refractivity contribution >= 4 is 15.8 Å². The molecule has 0 saturated carbocycles. The summed E-state index contributed by atoms with van der Waals surface area (Å²) in [6.07, 6.45) is 3.73. The molecule has 1 spiro atoms. The van der Waals surface area contributed by atoms with Crippen LogP contribution in [0.2, 0.25) is 0 Å². The second-order valence-electron chi connectivity index (χ2n) is 9.36. The van der Waals surface area contributed by atoms with Crippen LogP contribution in [-0.4, -0.2) is 53.1 Å². The van der Waals surface area contributed by atoms with E-state index in [1.54, 1.807) is 7.05 Å². The van der Waals surface area contributed by atoms with E-state index in [0.29, 0.717) is 38.9 Å². The number of carbonyl (C=O) groups excluding carboxylic acids is 1. The molecule has 4 aliphatic rings. The minimum absolute atomic E-state index is 0.0487. The monoisotopic (exact) mass is 431 g/mol. The van der Waals surface area contributed by atoms with Gasteiger partial charge in [-0.3, -0.25) is 9.48 Å². The number of aromatic nitrogens is 3. The number of dihydropyridines is 1. The number of fused-ring (bicyclic) bond motifs is 2. The molecule has 1 fully saturated rings. The number of hydrogen-bond donors (Lipinski definition) is 1. The Morgan fingerprint density at radius 3 is 2.57 bits per heavy atom. The first-order valence-electron chi connectivity index (χ1n) is 10.1. The minimum Gasteiger partial charge on any atom is -0.342 e. The highest BCUT2D eigenvalue weighted by molar-refractivity contribution is 7.89. The molecular weight excluding hydrogens is 406 g/mol. The number of nitrogens with one attached hydrogen (secondary N) is 1. The Labute approximate surface area is 175 Å². The van der Waals surface area contributed by atoms with Crippen molar-refractivity contribution in [2.75, 3.05) is 19.6 Å². The van der Waals surface area contributed by atoms with E-state index in [9.17, 15) is 13.2 Å². The summed E-state index contributed by atoms with van der Waals surface area (Å²) in [5.41, 5.74) is 2.16. The lowest BCUT2D eigenvalue weighted by Crippen LogP contribution is -2.50. The number of ketones is 1. The molecule has 1 saturated heterocycles. The Bertz CT molecular complexity index is 1130. The van der Waals surface area contributed by atoms with Gasteiger partial charge >= 0.3 is 0 Å². The third-order valence-corrected chi connectivity index (χ3v) is 8.41.